The van der Waals surface area contributed by atoms with Crippen LogP contribution in [-0.4, -0.2) is 70.0 Å². The number of aryl methyl sites for hydroxylation is 1. The van der Waals surface area contributed by atoms with Crippen molar-refractivity contribution in [3.05, 3.63) is 108 Å². The number of likely N-dealkylation sites (tertiary alicyclic amines) is 1. The molecule has 2 saturated heterocycles. The Morgan fingerprint density at radius 1 is 0.766 bits per heavy atom. The number of aromatic nitrogens is 4. The number of piperidine rings is 1. The van der Waals surface area contributed by atoms with Crippen LogP contribution in [0.2, 0.25) is 0 Å². The highest BCUT2D eigenvalue weighted by atomic mass is 16.1. The zero-order chi connectivity index (χ0) is 32.0. The molecule has 3 aromatic carbocycles. The van der Waals surface area contributed by atoms with E-state index in [2.05, 4.69) is 96.8 Å². The van der Waals surface area contributed by atoms with Crippen LogP contribution in [0.4, 0.5) is 23.4 Å². The van der Waals surface area contributed by atoms with E-state index in [1.807, 2.05) is 24.3 Å². The summed E-state index contributed by atoms with van der Waals surface area (Å²) >= 11 is 0. The SMILES string of the molecule is Cc1ccc2c(NCc3ccc(NC(=O)C4CCN(Cc5ccccc5)CC4)cc3)nc(N3CCN(c4ncccn4)CC3)nc2c1. The Labute approximate surface area is 275 Å². The first-order chi connectivity index (χ1) is 23.1. The molecule has 2 aliphatic heterocycles. The number of hydrogen-bond donors (Lipinski definition) is 2. The van der Waals surface area contributed by atoms with E-state index in [4.69, 9.17) is 9.97 Å². The summed E-state index contributed by atoms with van der Waals surface area (Å²) in [7, 11) is 0. The van der Waals surface area contributed by atoms with Crippen molar-refractivity contribution in [1.29, 1.82) is 0 Å². The van der Waals surface area contributed by atoms with E-state index < -0.39 is 0 Å². The van der Waals surface area contributed by atoms with Gasteiger partial charge in [0, 0.05) is 68.7 Å². The van der Waals surface area contributed by atoms with Gasteiger partial charge in [-0.3, -0.25) is 9.69 Å². The van der Waals surface area contributed by atoms with E-state index in [1.54, 1.807) is 12.4 Å². The summed E-state index contributed by atoms with van der Waals surface area (Å²) < 4.78 is 0. The normalized spacial score (nSPS) is 15.9. The third-order valence-corrected chi connectivity index (χ3v) is 9.13. The molecule has 2 N–H and O–H groups in total. The van der Waals surface area contributed by atoms with Crippen LogP contribution in [0.1, 0.15) is 29.5 Å². The fourth-order valence-corrected chi connectivity index (χ4v) is 6.40. The van der Waals surface area contributed by atoms with Gasteiger partial charge in [-0.1, -0.05) is 48.5 Å². The number of amides is 1. The molecule has 0 spiro atoms. The van der Waals surface area contributed by atoms with Gasteiger partial charge >= 0.3 is 0 Å². The third kappa shape index (κ3) is 7.49. The van der Waals surface area contributed by atoms with Gasteiger partial charge in [0.1, 0.15) is 5.82 Å². The Kier molecular flexibility index (Phi) is 9.19. The smallest absolute Gasteiger partial charge is 0.228 e. The molecule has 0 atom stereocenters. The lowest BCUT2D eigenvalue weighted by atomic mass is 9.95. The number of nitrogens with one attached hydrogen (secondary N) is 2. The highest BCUT2D eigenvalue weighted by Crippen LogP contribution is 2.27. The number of carbonyl (C=O) groups is 1. The lowest BCUT2D eigenvalue weighted by Gasteiger charge is -2.34. The van der Waals surface area contributed by atoms with E-state index in [0.29, 0.717) is 6.54 Å². The van der Waals surface area contributed by atoms with Gasteiger partial charge < -0.3 is 20.4 Å². The van der Waals surface area contributed by atoms with Crippen molar-refractivity contribution < 1.29 is 4.79 Å². The molecular formula is C37H41N9O. The molecule has 1 amide bonds. The van der Waals surface area contributed by atoms with Gasteiger partial charge in [-0.25, -0.2) is 15.0 Å². The van der Waals surface area contributed by atoms with Gasteiger partial charge in [0.15, 0.2) is 0 Å². The van der Waals surface area contributed by atoms with E-state index in [0.717, 1.165) is 104 Å². The molecule has 4 heterocycles. The van der Waals surface area contributed by atoms with Crippen molar-refractivity contribution in [2.24, 2.45) is 5.92 Å². The van der Waals surface area contributed by atoms with Crippen molar-refractivity contribution in [3.63, 3.8) is 0 Å². The Bertz CT molecular complexity index is 1780. The number of hydrogen-bond acceptors (Lipinski definition) is 9. The predicted molar refractivity (Wildman–Crippen MR) is 188 cm³/mol. The Morgan fingerprint density at radius 2 is 1.47 bits per heavy atom. The van der Waals surface area contributed by atoms with E-state index in [-0.39, 0.29) is 11.8 Å². The van der Waals surface area contributed by atoms with Gasteiger partial charge in [-0.2, -0.15) is 4.98 Å². The topological polar surface area (TPSA) is 102 Å². The van der Waals surface area contributed by atoms with Crippen molar-refractivity contribution >= 4 is 40.2 Å². The number of carbonyl (C=O) groups excluding carboxylic acids is 1. The van der Waals surface area contributed by atoms with Gasteiger partial charge in [-0.05, 0) is 79.9 Å². The quantitative estimate of drug-likeness (QED) is 0.219. The summed E-state index contributed by atoms with van der Waals surface area (Å²) in [4.78, 5) is 38.7. The fourth-order valence-electron chi connectivity index (χ4n) is 6.40. The zero-order valence-corrected chi connectivity index (χ0v) is 26.8. The molecular weight excluding hydrogens is 586 g/mol. The van der Waals surface area contributed by atoms with Crippen LogP contribution in [-0.2, 0) is 17.9 Å². The Hall–Kier alpha value is -5.09. The van der Waals surface area contributed by atoms with Gasteiger partial charge in [0.2, 0.25) is 17.8 Å². The molecule has 5 aromatic rings. The molecule has 0 bridgehead atoms. The minimum absolute atomic E-state index is 0.0434. The fraction of sp³-hybridized carbons (Fsp3) is 0.324. The van der Waals surface area contributed by atoms with Crippen LogP contribution in [0.15, 0.2) is 91.3 Å². The number of benzene rings is 3. The summed E-state index contributed by atoms with van der Waals surface area (Å²) in [6.45, 7) is 8.69. The molecule has 0 aliphatic carbocycles. The van der Waals surface area contributed by atoms with Crippen molar-refractivity contribution in [3.8, 4) is 0 Å². The lowest BCUT2D eigenvalue weighted by molar-refractivity contribution is -0.121. The first kappa shape index (κ1) is 30.6. The Balaban J connectivity index is 0.954. The predicted octanol–water partition coefficient (Wildman–Crippen LogP) is 5.52. The van der Waals surface area contributed by atoms with Crippen LogP contribution in [0.3, 0.4) is 0 Å². The van der Waals surface area contributed by atoms with Crippen LogP contribution < -0.4 is 20.4 Å². The van der Waals surface area contributed by atoms with Crippen molar-refractivity contribution in [1.82, 2.24) is 24.8 Å². The number of piperazine rings is 1. The number of fused-ring (bicyclic) bond motifs is 1. The largest absolute Gasteiger partial charge is 0.365 e. The molecule has 0 unspecified atom stereocenters. The lowest BCUT2D eigenvalue weighted by Crippen LogP contribution is -2.47. The van der Waals surface area contributed by atoms with Crippen LogP contribution in [0.25, 0.3) is 10.9 Å². The first-order valence-corrected chi connectivity index (χ1v) is 16.5. The second kappa shape index (κ2) is 14.1. The van der Waals surface area contributed by atoms with Crippen LogP contribution >= 0.6 is 0 Å². The molecule has 7 rings (SSSR count). The molecule has 240 valence electrons. The van der Waals surface area contributed by atoms with Crippen molar-refractivity contribution in [2.75, 3.05) is 59.7 Å². The summed E-state index contributed by atoms with van der Waals surface area (Å²) in [5.41, 5.74) is 5.34. The van der Waals surface area contributed by atoms with E-state index in [9.17, 15) is 4.79 Å². The minimum atomic E-state index is 0.0434. The Morgan fingerprint density at radius 3 is 2.19 bits per heavy atom. The monoisotopic (exact) mass is 627 g/mol. The third-order valence-electron chi connectivity index (χ3n) is 9.13. The minimum Gasteiger partial charge on any atom is -0.365 e. The summed E-state index contributed by atoms with van der Waals surface area (Å²) in [6, 6.07) is 26.8. The average molecular weight is 628 g/mol. The highest BCUT2D eigenvalue weighted by molar-refractivity contribution is 5.93. The number of anilines is 4. The molecule has 10 nitrogen and oxygen atoms in total. The van der Waals surface area contributed by atoms with E-state index >= 15 is 0 Å². The van der Waals surface area contributed by atoms with Crippen LogP contribution in [0.5, 0.6) is 0 Å². The molecule has 2 fully saturated rings. The molecule has 0 radical (unpaired) electrons. The maximum Gasteiger partial charge on any atom is 0.228 e. The highest BCUT2D eigenvalue weighted by Gasteiger charge is 2.25. The molecule has 47 heavy (non-hydrogen) atoms. The maximum atomic E-state index is 13.1. The van der Waals surface area contributed by atoms with E-state index in [1.165, 1.54) is 5.56 Å². The van der Waals surface area contributed by atoms with Gasteiger partial charge in [0.05, 0.1) is 5.52 Å². The number of nitrogens with zero attached hydrogens (tertiary/aromatic N) is 7. The standard InChI is InChI=1S/C37H41N9O/c1-27-8-13-32-33(24-27)42-37(46-22-20-45(21-23-46)36-38-16-5-17-39-36)43-34(32)40-25-28-9-11-31(12-10-28)41-35(47)30-14-18-44(19-15-30)26-29-6-3-2-4-7-29/h2-13,16-17,24,30H,14-15,18-23,25-26H2,1H3,(H,41,47)(H,40,42,43). The number of rotatable bonds is 9. The maximum absolute atomic E-state index is 13.1. The van der Waals surface area contributed by atoms with Gasteiger partial charge in [-0.15, -0.1) is 0 Å². The molecule has 2 aromatic heterocycles. The van der Waals surface area contributed by atoms with Gasteiger partial charge in [0.25, 0.3) is 0 Å². The average Bonchev–Trinajstić information content (AvgIpc) is 3.12. The first-order valence-electron chi connectivity index (χ1n) is 16.5. The summed E-state index contributed by atoms with van der Waals surface area (Å²) in [5, 5.41) is 7.71. The molecule has 10 heteroatoms. The molecule has 2 aliphatic rings. The van der Waals surface area contributed by atoms with Crippen molar-refractivity contribution in [2.45, 2.75) is 32.9 Å². The summed E-state index contributed by atoms with van der Waals surface area (Å²) in [5.74, 6) is 2.46. The van der Waals surface area contributed by atoms with Crippen LogP contribution in [0, 0.1) is 12.8 Å². The summed E-state index contributed by atoms with van der Waals surface area (Å²) in [6.07, 6.45) is 5.32. The second-order valence-corrected chi connectivity index (χ2v) is 12.5. The molecule has 0 saturated carbocycles. The second-order valence-electron chi connectivity index (χ2n) is 12.5. The zero-order valence-electron chi connectivity index (χ0n) is 26.8.